The van der Waals surface area contributed by atoms with E-state index in [-0.39, 0.29) is 53.1 Å². The molecule has 1 spiro atoms. The molecule has 1 nitrogen and oxygen atoms in total. The largest absolute Gasteiger partial charge is 0.310 e. The highest BCUT2D eigenvalue weighted by molar-refractivity contribution is 5.96. The average molecular weight is 683 g/mol. The molecule has 8 aromatic rings. The van der Waals surface area contributed by atoms with Gasteiger partial charge in [0.2, 0.25) is 0 Å². The Morgan fingerprint density at radius 1 is 0.396 bits per heavy atom. The fourth-order valence-corrected chi connectivity index (χ4v) is 9.32. The molecule has 0 unspecified atom stereocenters. The molecule has 0 fully saturated rings. The monoisotopic (exact) mass is 682 g/mol. The Morgan fingerprint density at radius 2 is 0.925 bits per heavy atom. The average Bonchev–Trinajstić information content (AvgIpc) is 3.84. The van der Waals surface area contributed by atoms with Crippen LogP contribution in [0.25, 0.3) is 44.5 Å². The van der Waals surface area contributed by atoms with Crippen LogP contribution in [0.4, 0.5) is 17.1 Å². The number of anilines is 3. The van der Waals surface area contributed by atoms with Crippen LogP contribution in [0.15, 0.2) is 188 Å². The van der Waals surface area contributed by atoms with Crippen LogP contribution in [-0.4, -0.2) is 0 Å². The lowest BCUT2D eigenvalue weighted by molar-refractivity contribution is 0.660. The van der Waals surface area contributed by atoms with E-state index in [9.17, 15) is 4.11 Å². The van der Waals surface area contributed by atoms with Crippen molar-refractivity contribution in [3.05, 3.63) is 221 Å². The molecule has 0 saturated carbocycles. The summed E-state index contributed by atoms with van der Waals surface area (Å²) in [6.07, 6.45) is 0. The predicted molar refractivity (Wildman–Crippen MR) is 220 cm³/mol. The lowest BCUT2D eigenvalue weighted by Gasteiger charge is -2.32. The van der Waals surface area contributed by atoms with Gasteiger partial charge in [0.1, 0.15) is 0 Å². The zero-order valence-corrected chi connectivity index (χ0v) is 29.3. The van der Waals surface area contributed by atoms with Gasteiger partial charge in [-0.2, -0.15) is 0 Å². The standard InChI is InChI=1S/C52H37N/c1-51(2)45-20-10-6-16-39(45)43-30-28-37(32-49(43)51)53(36-26-24-35(25-27-36)34-14-4-3-5-15-34)38-29-31-44-42-19-9-13-23-48(42)52(50(44)33-38)46-21-11-7-17-40(46)41-18-8-12-22-47(41)52/h3-33H,1-2H3/i6D,10D,16D,20D,28D,30D,32D. The van der Waals surface area contributed by atoms with E-state index in [1.165, 1.54) is 27.8 Å². The van der Waals surface area contributed by atoms with Gasteiger partial charge in [-0.3, -0.25) is 0 Å². The molecule has 0 radical (unpaired) electrons. The normalized spacial score (nSPS) is 16.4. The minimum absolute atomic E-state index is 0.00579. The van der Waals surface area contributed by atoms with Crippen molar-refractivity contribution in [1.29, 1.82) is 0 Å². The third kappa shape index (κ3) is 4.08. The van der Waals surface area contributed by atoms with E-state index in [2.05, 4.69) is 97.1 Å². The van der Waals surface area contributed by atoms with E-state index < -0.39 is 16.9 Å². The maximum atomic E-state index is 10.1. The van der Waals surface area contributed by atoms with Gasteiger partial charge in [-0.1, -0.05) is 165 Å². The first-order valence-electron chi connectivity index (χ1n) is 21.6. The Hall–Kier alpha value is -6.44. The van der Waals surface area contributed by atoms with Gasteiger partial charge in [0.25, 0.3) is 0 Å². The molecule has 0 bridgehead atoms. The van der Waals surface area contributed by atoms with Crippen LogP contribution in [0.5, 0.6) is 0 Å². The molecule has 0 amide bonds. The second-order valence-corrected chi connectivity index (χ2v) is 14.7. The molecule has 250 valence electrons. The first kappa shape index (κ1) is 23.9. The van der Waals surface area contributed by atoms with Gasteiger partial charge in [0, 0.05) is 22.5 Å². The third-order valence-corrected chi connectivity index (χ3v) is 11.7. The van der Waals surface area contributed by atoms with Crippen LogP contribution < -0.4 is 4.90 Å². The second-order valence-electron chi connectivity index (χ2n) is 14.7. The first-order chi connectivity index (χ1) is 29.0. The van der Waals surface area contributed by atoms with Crippen molar-refractivity contribution in [2.45, 2.75) is 24.7 Å². The van der Waals surface area contributed by atoms with Gasteiger partial charge in [-0.05, 0) is 114 Å². The fourth-order valence-electron chi connectivity index (χ4n) is 9.32. The highest BCUT2D eigenvalue weighted by Gasteiger charge is 2.51. The lowest BCUT2D eigenvalue weighted by Crippen LogP contribution is -2.26. The van der Waals surface area contributed by atoms with Crippen molar-refractivity contribution in [2.75, 3.05) is 4.90 Å². The number of fused-ring (bicyclic) bond motifs is 13. The SMILES string of the molecule is [2H]c1c([2H])c([2H])c2c(c1[2H])-c1c([2H])c([2H])c(N(c3ccc(-c4ccccc4)cc3)c3ccc4c(c3)C3(c5ccccc5-c5ccccc53)c3ccccc3-4)c([2H])c1C2(C)C. The fraction of sp³-hybridized carbons (Fsp3) is 0.0769. The van der Waals surface area contributed by atoms with Gasteiger partial charge in [-0.15, -0.1) is 0 Å². The zero-order valence-electron chi connectivity index (χ0n) is 36.3. The van der Waals surface area contributed by atoms with E-state index in [0.717, 1.165) is 27.8 Å². The van der Waals surface area contributed by atoms with E-state index in [4.69, 9.17) is 5.48 Å². The van der Waals surface area contributed by atoms with Crippen molar-refractivity contribution in [3.8, 4) is 44.5 Å². The van der Waals surface area contributed by atoms with Crippen LogP contribution in [0.3, 0.4) is 0 Å². The molecular weight excluding hydrogens is 639 g/mol. The van der Waals surface area contributed by atoms with Crippen molar-refractivity contribution in [1.82, 2.24) is 0 Å². The van der Waals surface area contributed by atoms with Crippen LogP contribution in [0, 0.1) is 0 Å². The Kier molecular flexibility index (Phi) is 4.98. The molecule has 0 N–H and O–H groups in total. The van der Waals surface area contributed by atoms with Gasteiger partial charge in [0.15, 0.2) is 0 Å². The van der Waals surface area contributed by atoms with Crippen molar-refractivity contribution in [2.24, 2.45) is 0 Å². The number of hydrogen-bond donors (Lipinski definition) is 0. The van der Waals surface area contributed by atoms with Crippen molar-refractivity contribution in [3.63, 3.8) is 0 Å². The van der Waals surface area contributed by atoms with Gasteiger partial charge in [-0.25, -0.2) is 0 Å². The minimum atomic E-state index is -1.07. The van der Waals surface area contributed by atoms with E-state index in [1.807, 2.05) is 67.3 Å². The molecule has 0 atom stereocenters. The van der Waals surface area contributed by atoms with Gasteiger partial charge < -0.3 is 4.90 Å². The minimum Gasteiger partial charge on any atom is -0.310 e. The van der Waals surface area contributed by atoms with E-state index >= 15 is 0 Å². The number of rotatable bonds is 4. The van der Waals surface area contributed by atoms with Crippen molar-refractivity contribution >= 4 is 17.1 Å². The second kappa shape index (κ2) is 11.0. The summed E-state index contributed by atoms with van der Waals surface area (Å²) in [4.78, 5) is 1.93. The predicted octanol–water partition coefficient (Wildman–Crippen LogP) is 13.5. The quantitative estimate of drug-likeness (QED) is 0.179. The molecule has 8 aromatic carbocycles. The maximum Gasteiger partial charge on any atom is 0.0726 e. The molecule has 3 aliphatic rings. The van der Waals surface area contributed by atoms with Crippen LogP contribution in [0.2, 0.25) is 0 Å². The maximum absolute atomic E-state index is 10.1. The highest BCUT2D eigenvalue weighted by Crippen LogP contribution is 2.63. The number of nitrogens with zero attached hydrogens (tertiary/aromatic N) is 1. The van der Waals surface area contributed by atoms with Gasteiger partial charge in [0.05, 0.1) is 15.0 Å². The zero-order chi connectivity index (χ0) is 41.4. The third-order valence-electron chi connectivity index (χ3n) is 11.7. The summed E-state index contributed by atoms with van der Waals surface area (Å²) in [5, 5.41) is 0. The summed E-state index contributed by atoms with van der Waals surface area (Å²) in [7, 11) is 0. The smallest absolute Gasteiger partial charge is 0.0726 e. The molecule has 53 heavy (non-hydrogen) atoms. The summed E-state index contributed by atoms with van der Waals surface area (Å²) in [5.74, 6) is 0. The number of benzene rings is 8. The van der Waals surface area contributed by atoms with Crippen LogP contribution in [0.1, 0.15) is 56.8 Å². The van der Waals surface area contributed by atoms with Crippen LogP contribution in [-0.2, 0) is 10.8 Å². The Labute approximate surface area is 321 Å². The van der Waals surface area contributed by atoms with Gasteiger partial charge >= 0.3 is 0 Å². The number of hydrogen-bond acceptors (Lipinski definition) is 1. The van der Waals surface area contributed by atoms with Crippen molar-refractivity contribution < 1.29 is 9.60 Å². The summed E-state index contributed by atoms with van der Waals surface area (Å²) in [6, 6.07) is 48.9. The Balaban J connectivity index is 1.21. The molecule has 11 rings (SSSR count). The molecule has 3 aliphatic carbocycles. The molecular formula is C52H37N. The van der Waals surface area contributed by atoms with E-state index in [1.54, 1.807) is 0 Å². The molecule has 0 aliphatic heterocycles. The van der Waals surface area contributed by atoms with E-state index in [0.29, 0.717) is 22.5 Å². The molecule has 0 aromatic heterocycles. The summed E-state index contributed by atoms with van der Waals surface area (Å²) >= 11 is 0. The topological polar surface area (TPSA) is 3.24 Å². The molecule has 1 heteroatoms. The summed E-state index contributed by atoms with van der Waals surface area (Å²) < 4.78 is 64.5. The molecule has 0 saturated heterocycles. The highest BCUT2D eigenvalue weighted by atomic mass is 15.1. The van der Waals surface area contributed by atoms with Crippen LogP contribution >= 0.6 is 0 Å². The summed E-state index contributed by atoms with van der Waals surface area (Å²) in [6.45, 7) is 3.71. The Bertz CT molecular complexity index is 3090. The lowest BCUT2D eigenvalue weighted by atomic mass is 9.70. The first-order valence-corrected chi connectivity index (χ1v) is 18.1. The summed E-state index contributed by atoms with van der Waals surface area (Å²) in [5.41, 5.74) is 12.5. The molecule has 0 heterocycles. The Morgan fingerprint density at radius 3 is 1.58 bits per heavy atom.